The third kappa shape index (κ3) is 3.97. The van der Waals surface area contributed by atoms with Gasteiger partial charge < -0.3 is 4.42 Å². The Morgan fingerprint density at radius 3 is 2.72 bits per heavy atom. The summed E-state index contributed by atoms with van der Waals surface area (Å²) in [6.07, 6.45) is 0.399. The molecule has 0 spiro atoms. The maximum atomic E-state index is 14.7. The molecule has 2 aromatic carbocycles. The predicted molar refractivity (Wildman–Crippen MR) is 102 cm³/mol. The quantitative estimate of drug-likeness (QED) is 0.584. The number of benzene rings is 2. The number of aromatic nitrogens is 2. The smallest absolute Gasteiger partial charge is 0.314 e. The maximum Gasteiger partial charge on any atom is 0.314 e. The lowest BCUT2D eigenvalue weighted by Crippen LogP contribution is -2.29. The average molecular weight is 421 g/mol. The molecule has 0 N–H and O–H groups in total. The molecule has 152 valence electrons. The molecule has 4 rings (SSSR count). The Balaban J connectivity index is 1.58. The summed E-state index contributed by atoms with van der Waals surface area (Å²) in [5.74, 6) is -1.54. The lowest BCUT2D eigenvalue weighted by Gasteiger charge is -2.27. The molecule has 0 amide bonds. The van der Waals surface area contributed by atoms with E-state index in [1.165, 1.54) is 17.7 Å². The van der Waals surface area contributed by atoms with Crippen molar-refractivity contribution >= 4 is 11.0 Å². The molecule has 0 fully saturated rings. The number of rotatable bonds is 6. The molecule has 1 aliphatic rings. The Bertz CT molecular complexity index is 1060. The van der Waals surface area contributed by atoms with Gasteiger partial charge in [0.05, 0.1) is 11.0 Å². The zero-order valence-electron chi connectivity index (χ0n) is 15.5. The zero-order chi connectivity index (χ0) is 20.5. The first-order valence-corrected chi connectivity index (χ1v) is 10.5. The highest BCUT2D eigenvalue weighted by Crippen LogP contribution is 2.37. The number of alkyl halides is 2. The minimum Gasteiger partial charge on any atom is -0.415 e. The van der Waals surface area contributed by atoms with E-state index < -0.39 is 29.1 Å². The van der Waals surface area contributed by atoms with Gasteiger partial charge in [0, 0.05) is 30.0 Å². The average Bonchev–Trinajstić information content (AvgIpc) is 3.34. The topological polar surface area (TPSA) is 59.2 Å². The monoisotopic (exact) mass is 421 g/mol. The van der Waals surface area contributed by atoms with E-state index in [1.54, 1.807) is 10.6 Å². The molecule has 0 radical (unpaired) electrons. The van der Waals surface area contributed by atoms with E-state index in [4.69, 9.17) is 4.42 Å². The van der Waals surface area contributed by atoms with E-state index in [0.717, 1.165) is 24.5 Å². The summed E-state index contributed by atoms with van der Waals surface area (Å²) in [6.45, 7) is 0.153. The first-order valence-electron chi connectivity index (χ1n) is 9.02. The number of hydrogen-bond acceptors (Lipinski definition) is 4. The van der Waals surface area contributed by atoms with Crippen LogP contribution < -0.4 is 0 Å². The highest BCUT2D eigenvalue weighted by molar-refractivity contribution is 7.81. The van der Waals surface area contributed by atoms with Gasteiger partial charge in [-0.3, -0.25) is 0 Å². The predicted octanol–water partition coefficient (Wildman–Crippen LogP) is 4.60. The number of aryl methyl sites for hydroxylation is 1. The molecule has 9 heteroatoms. The van der Waals surface area contributed by atoms with Crippen LogP contribution in [0, 0.1) is 5.82 Å². The Morgan fingerprint density at radius 1 is 1.24 bits per heavy atom. The molecule has 0 saturated heterocycles. The highest BCUT2D eigenvalue weighted by Gasteiger charge is 2.30. The molecule has 1 aliphatic carbocycles. The van der Waals surface area contributed by atoms with Gasteiger partial charge in [-0.1, -0.05) is 30.3 Å². The summed E-state index contributed by atoms with van der Waals surface area (Å²) in [6, 6.07) is 12.2. The Kier molecular flexibility index (Phi) is 5.51. The second kappa shape index (κ2) is 8.08. The minimum absolute atomic E-state index is 0.0550. The third-order valence-electron chi connectivity index (χ3n) is 5.03. The normalized spacial score (nSPS) is 17.1. The second-order valence-electron chi connectivity index (χ2n) is 6.80. The van der Waals surface area contributed by atoms with Crippen molar-refractivity contribution < 1.29 is 21.8 Å². The van der Waals surface area contributed by atoms with E-state index in [-0.39, 0.29) is 24.0 Å². The minimum atomic E-state index is -2.89. The Hall–Kier alpha value is -2.52. The summed E-state index contributed by atoms with van der Waals surface area (Å²) >= 11 is 0. The number of hydrogen-bond donors (Lipinski definition) is 0. The van der Waals surface area contributed by atoms with Crippen LogP contribution in [0.2, 0.25) is 0 Å². The lowest BCUT2D eigenvalue weighted by atomic mass is 10.1. The van der Waals surface area contributed by atoms with Gasteiger partial charge in [-0.25, -0.2) is 12.9 Å². The summed E-state index contributed by atoms with van der Waals surface area (Å²) < 4.78 is 59.0. The van der Waals surface area contributed by atoms with Crippen molar-refractivity contribution in [2.24, 2.45) is 0 Å². The molecule has 3 aromatic rings. The van der Waals surface area contributed by atoms with Crippen LogP contribution in [0.3, 0.4) is 0 Å². The van der Waals surface area contributed by atoms with Crippen LogP contribution in [0.4, 0.5) is 13.2 Å². The molecular formula is C20H18F3N3O2S. The summed E-state index contributed by atoms with van der Waals surface area (Å²) in [5.41, 5.74) is 2.89. The summed E-state index contributed by atoms with van der Waals surface area (Å²) in [4.78, 5) is 0. The summed E-state index contributed by atoms with van der Waals surface area (Å²) in [7, 11) is -1.31. The van der Waals surface area contributed by atoms with Crippen LogP contribution in [0.5, 0.6) is 0 Å². The second-order valence-corrected chi connectivity index (χ2v) is 8.12. The molecular weight excluding hydrogens is 403 g/mol. The van der Waals surface area contributed by atoms with Crippen molar-refractivity contribution in [1.29, 1.82) is 0 Å². The molecule has 1 heterocycles. The fraction of sp³-hybridized carbons (Fsp3) is 0.300. The lowest BCUT2D eigenvalue weighted by molar-refractivity contribution is 0.116. The van der Waals surface area contributed by atoms with Crippen LogP contribution >= 0.6 is 0 Å². The number of halogens is 3. The molecule has 2 atom stereocenters. The standard InChI is InChI=1S/C20H18F3N3O2S/c1-29(27)26(17-9-8-12-4-2-3-5-15(12)17)11-14-7-6-13(10-16(14)21)19-24-25-20(28-19)18(22)23/h2-7,10,17-18H,8-9,11H2,1H3. The maximum absolute atomic E-state index is 14.7. The fourth-order valence-electron chi connectivity index (χ4n) is 3.63. The van der Waals surface area contributed by atoms with Crippen LogP contribution in [-0.4, -0.2) is 25.0 Å². The van der Waals surface area contributed by atoms with Gasteiger partial charge in [-0.15, -0.1) is 10.2 Å². The van der Waals surface area contributed by atoms with Gasteiger partial charge in [0.2, 0.25) is 5.89 Å². The molecule has 0 aliphatic heterocycles. The van der Waals surface area contributed by atoms with E-state index in [2.05, 4.69) is 16.3 Å². The Morgan fingerprint density at radius 2 is 2.03 bits per heavy atom. The molecule has 5 nitrogen and oxygen atoms in total. The van der Waals surface area contributed by atoms with Gasteiger partial charge in [-0.2, -0.15) is 8.78 Å². The van der Waals surface area contributed by atoms with Crippen molar-refractivity contribution in [3.8, 4) is 11.5 Å². The molecule has 29 heavy (non-hydrogen) atoms. The molecule has 0 saturated carbocycles. The van der Waals surface area contributed by atoms with Crippen molar-refractivity contribution in [3.05, 3.63) is 70.9 Å². The van der Waals surface area contributed by atoms with Crippen LogP contribution in [0.15, 0.2) is 46.9 Å². The van der Waals surface area contributed by atoms with Gasteiger partial charge in [0.1, 0.15) is 5.82 Å². The zero-order valence-corrected chi connectivity index (χ0v) is 16.3. The molecule has 0 bridgehead atoms. The van der Waals surface area contributed by atoms with Gasteiger partial charge in [0.15, 0.2) is 0 Å². The van der Waals surface area contributed by atoms with Gasteiger partial charge in [0.25, 0.3) is 5.89 Å². The highest BCUT2D eigenvalue weighted by atomic mass is 32.2. The van der Waals surface area contributed by atoms with Crippen LogP contribution in [-0.2, 0) is 24.0 Å². The van der Waals surface area contributed by atoms with Crippen LogP contribution in [0.1, 0.15) is 41.5 Å². The van der Waals surface area contributed by atoms with E-state index in [9.17, 15) is 17.4 Å². The molecule has 2 unspecified atom stereocenters. The van der Waals surface area contributed by atoms with E-state index in [0.29, 0.717) is 5.56 Å². The Labute approximate surface area is 168 Å². The number of fused-ring (bicyclic) bond motifs is 1. The van der Waals surface area contributed by atoms with Crippen molar-refractivity contribution in [2.75, 3.05) is 6.26 Å². The molecule has 1 aromatic heterocycles. The van der Waals surface area contributed by atoms with Crippen molar-refractivity contribution in [3.63, 3.8) is 0 Å². The third-order valence-corrected chi connectivity index (χ3v) is 6.08. The van der Waals surface area contributed by atoms with Gasteiger partial charge >= 0.3 is 6.43 Å². The first kappa shape index (κ1) is 19.8. The summed E-state index contributed by atoms with van der Waals surface area (Å²) in [5, 5.41) is 6.79. The van der Waals surface area contributed by atoms with E-state index in [1.807, 2.05) is 18.2 Å². The van der Waals surface area contributed by atoms with Gasteiger partial charge in [-0.05, 0) is 36.1 Å². The largest absolute Gasteiger partial charge is 0.415 e. The number of nitrogens with zero attached hydrogens (tertiary/aromatic N) is 3. The first-order chi connectivity index (χ1) is 13.9. The van der Waals surface area contributed by atoms with Crippen molar-refractivity contribution in [1.82, 2.24) is 14.5 Å². The fourth-order valence-corrected chi connectivity index (χ4v) is 4.53. The van der Waals surface area contributed by atoms with E-state index >= 15 is 0 Å². The van der Waals surface area contributed by atoms with Crippen molar-refractivity contribution in [2.45, 2.75) is 31.9 Å². The van der Waals surface area contributed by atoms with Crippen LogP contribution in [0.25, 0.3) is 11.5 Å². The SMILES string of the molecule is CS(=O)N(Cc1ccc(-c2nnc(C(F)F)o2)cc1F)C1CCc2ccccc21.